The number of hydrogen-bond donors (Lipinski definition) is 0. The number of benzene rings is 2. The number of hydrogen-bond acceptors (Lipinski definition) is 3. The van der Waals surface area contributed by atoms with Gasteiger partial charge in [0.25, 0.3) is 0 Å². The van der Waals surface area contributed by atoms with Crippen molar-refractivity contribution in [3.63, 3.8) is 0 Å². The summed E-state index contributed by atoms with van der Waals surface area (Å²) in [5.74, 6) is -0.432. The Labute approximate surface area is 129 Å². The van der Waals surface area contributed by atoms with E-state index in [0.717, 1.165) is 11.1 Å². The van der Waals surface area contributed by atoms with Gasteiger partial charge in [-0.2, -0.15) is 5.26 Å². The molecule has 106 valence electrons. The lowest BCUT2D eigenvalue weighted by Crippen LogP contribution is -2.07. The summed E-state index contributed by atoms with van der Waals surface area (Å²) in [5, 5.41) is 14.0. The van der Waals surface area contributed by atoms with Crippen LogP contribution in [0.4, 0.5) is 0 Å². The van der Waals surface area contributed by atoms with Gasteiger partial charge in [-0.1, -0.05) is 59.2 Å². The molecule has 2 aromatic rings. The van der Waals surface area contributed by atoms with E-state index in [-0.39, 0.29) is 0 Å². The van der Waals surface area contributed by atoms with Gasteiger partial charge in [-0.15, -0.1) is 0 Å². The third kappa shape index (κ3) is 4.34. The number of halogens is 1. The standard InChI is InChI=1S/C17H15ClN2O/c1-13(20-21-12-14-5-3-2-4-6-14)17(11-19)15-7-9-16(18)10-8-15/h2-10,17H,12H2,1H3/b20-13+. The van der Waals surface area contributed by atoms with Crippen LogP contribution in [0.15, 0.2) is 59.8 Å². The fourth-order valence-corrected chi connectivity index (χ4v) is 2.03. The molecule has 0 amide bonds. The molecule has 0 aliphatic rings. The fourth-order valence-electron chi connectivity index (χ4n) is 1.90. The van der Waals surface area contributed by atoms with Gasteiger partial charge in [0, 0.05) is 5.02 Å². The first-order valence-corrected chi connectivity index (χ1v) is 6.94. The highest BCUT2D eigenvalue weighted by Crippen LogP contribution is 2.19. The topological polar surface area (TPSA) is 45.4 Å². The molecule has 2 aromatic carbocycles. The third-order valence-corrected chi connectivity index (χ3v) is 3.28. The molecule has 1 atom stereocenters. The number of oxime groups is 1. The SMILES string of the molecule is C/C(=N\OCc1ccccc1)C(C#N)c1ccc(Cl)cc1. The molecule has 0 aliphatic carbocycles. The summed E-state index contributed by atoms with van der Waals surface area (Å²) >= 11 is 5.85. The first-order chi connectivity index (χ1) is 10.2. The summed E-state index contributed by atoms with van der Waals surface area (Å²) in [6, 6.07) is 19.2. The second-order valence-corrected chi connectivity index (χ2v) is 5.04. The van der Waals surface area contributed by atoms with Gasteiger partial charge in [-0.05, 0) is 30.2 Å². The Balaban J connectivity index is 2.03. The lowest BCUT2D eigenvalue weighted by molar-refractivity contribution is 0.129. The molecular formula is C17H15ClN2O. The Bertz CT molecular complexity index is 645. The molecule has 0 aliphatic heterocycles. The van der Waals surface area contributed by atoms with Gasteiger partial charge in [0.1, 0.15) is 12.5 Å². The third-order valence-electron chi connectivity index (χ3n) is 3.03. The fraction of sp³-hybridized carbons (Fsp3) is 0.176. The number of nitriles is 1. The molecule has 0 aromatic heterocycles. The first-order valence-electron chi connectivity index (χ1n) is 6.56. The molecule has 0 saturated carbocycles. The average molecular weight is 299 g/mol. The van der Waals surface area contributed by atoms with E-state index in [0.29, 0.717) is 17.3 Å². The smallest absolute Gasteiger partial charge is 0.142 e. The van der Waals surface area contributed by atoms with Crippen LogP contribution in [-0.2, 0) is 11.4 Å². The lowest BCUT2D eigenvalue weighted by atomic mass is 9.97. The molecule has 0 radical (unpaired) electrons. The van der Waals surface area contributed by atoms with Crippen molar-refractivity contribution in [3.05, 3.63) is 70.7 Å². The number of nitrogens with zero attached hydrogens (tertiary/aromatic N) is 2. The predicted octanol–water partition coefficient (Wildman–Crippen LogP) is 4.54. The Morgan fingerprint density at radius 3 is 2.48 bits per heavy atom. The second-order valence-electron chi connectivity index (χ2n) is 4.61. The maximum Gasteiger partial charge on any atom is 0.142 e. The zero-order valence-corrected chi connectivity index (χ0v) is 12.4. The van der Waals surface area contributed by atoms with Gasteiger partial charge in [0.15, 0.2) is 0 Å². The summed E-state index contributed by atoms with van der Waals surface area (Å²) in [5.41, 5.74) is 2.51. The van der Waals surface area contributed by atoms with E-state index in [1.807, 2.05) is 42.5 Å². The zero-order chi connectivity index (χ0) is 15.1. The lowest BCUT2D eigenvalue weighted by Gasteiger charge is -2.09. The minimum atomic E-state index is -0.432. The molecule has 4 heteroatoms. The summed E-state index contributed by atoms with van der Waals surface area (Å²) in [4.78, 5) is 5.32. The maximum absolute atomic E-state index is 9.32. The molecule has 0 saturated heterocycles. The van der Waals surface area contributed by atoms with Crippen molar-refractivity contribution in [2.75, 3.05) is 0 Å². The molecule has 0 fully saturated rings. The predicted molar refractivity (Wildman–Crippen MR) is 84.1 cm³/mol. The van der Waals surface area contributed by atoms with Gasteiger partial charge < -0.3 is 4.84 Å². The Morgan fingerprint density at radius 1 is 1.19 bits per heavy atom. The quantitative estimate of drug-likeness (QED) is 0.601. The molecule has 1 unspecified atom stereocenters. The molecular weight excluding hydrogens is 284 g/mol. The van der Waals surface area contributed by atoms with Crippen LogP contribution in [-0.4, -0.2) is 5.71 Å². The largest absolute Gasteiger partial charge is 0.391 e. The van der Waals surface area contributed by atoms with Gasteiger partial charge in [-0.25, -0.2) is 0 Å². The average Bonchev–Trinajstić information content (AvgIpc) is 2.51. The molecule has 0 bridgehead atoms. The van der Waals surface area contributed by atoms with E-state index < -0.39 is 5.92 Å². The Kier molecular flexibility index (Phi) is 5.36. The monoisotopic (exact) mass is 298 g/mol. The van der Waals surface area contributed by atoms with Crippen molar-refractivity contribution in [1.82, 2.24) is 0 Å². The van der Waals surface area contributed by atoms with Crippen molar-refractivity contribution >= 4 is 17.3 Å². The van der Waals surface area contributed by atoms with Gasteiger partial charge in [0.05, 0.1) is 11.8 Å². The van der Waals surface area contributed by atoms with E-state index in [2.05, 4.69) is 11.2 Å². The summed E-state index contributed by atoms with van der Waals surface area (Å²) in [7, 11) is 0. The normalized spacial score (nSPS) is 12.5. The molecule has 0 heterocycles. The van der Waals surface area contributed by atoms with E-state index in [1.165, 1.54) is 0 Å². The first kappa shape index (κ1) is 15.1. The van der Waals surface area contributed by atoms with Crippen molar-refractivity contribution in [2.24, 2.45) is 5.16 Å². The van der Waals surface area contributed by atoms with Crippen LogP contribution in [0.2, 0.25) is 5.02 Å². The Hall–Kier alpha value is -2.31. The maximum atomic E-state index is 9.32. The van der Waals surface area contributed by atoms with Crippen LogP contribution in [0.1, 0.15) is 24.0 Å². The van der Waals surface area contributed by atoms with Crippen molar-refractivity contribution < 1.29 is 4.84 Å². The van der Waals surface area contributed by atoms with Crippen LogP contribution in [0.3, 0.4) is 0 Å². The minimum absolute atomic E-state index is 0.386. The van der Waals surface area contributed by atoms with Crippen LogP contribution < -0.4 is 0 Å². The highest BCUT2D eigenvalue weighted by molar-refractivity contribution is 6.30. The summed E-state index contributed by atoms with van der Waals surface area (Å²) in [6.07, 6.45) is 0. The molecule has 21 heavy (non-hydrogen) atoms. The summed E-state index contributed by atoms with van der Waals surface area (Å²) < 4.78 is 0. The highest BCUT2D eigenvalue weighted by atomic mass is 35.5. The minimum Gasteiger partial charge on any atom is -0.391 e. The number of rotatable bonds is 5. The molecule has 0 N–H and O–H groups in total. The second kappa shape index (κ2) is 7.47. The van der Waals surface area contributed by atoms with E-state index >= 15 is 0 Å². The van der Waals surface area contributed by atoms with E-state index in [4.69, 9.17) is 16.4 Å². The molecule has 0 spiro atoms. The van der Waals surface area contributed by atoms with Gasteiger partial charge in [-0.3, -0.25) is 0 Å². The van der Waals surface area contributed by atoms with Crippen molar-refractivity contribution in [3.8, 4) is 6.07 Å². The van der Waals surface area contributed by atoms with E-state index in [9.17, 15) is 5.26 Å². The van der Waals surface area contributed by atoms with Gasteiger partial charge in [0.2, 0.25) is 0 Å². The Morgan fingerprint density at radius 2 is 1.86 bits per heavy atom. The van der Waals surface area contributed by atoms with Crippen molar-refractivity contribution in [2.45, 2.75) is 19.4 Å². The van der Waals surface area contributed by atoms with E-state index in [1.54, 1.807) is 19.1 Å². The van der Waals surface area contributed by atoms with Crippen LogP contribution in [0.25, 0.3) is 0 Å². The van der Waals surface area contributed by atoms with Crippen molar-refractivity contribution in [1.29, 1.82) is 5.26 Å². The zero-order valence-electron chi connectivity index (χ0n) is 11.7. The molecule has 2 rings (SSSR count). The summed E-state index contributed by atoms with van der Waals surface area (Å²) in [6.45, 7) is 2.17. The molecule has 3 nitrogen and oxygen atoms in total. The van der Waals surface area contributed by atoms with Crippen LogP contribution >= 0.6 is 11.6 Å². The van der Waals surface area contributed by atoms with Crippen LogP contribution in [0, 0.1) is 11.3 Å². The highest BCUT2D eigenvalue weighted by Gasteiger charge is 2.14. The van der Waals surface area contributed by atoms with Crippen LogP contribution in [0.5, 0.6) is 0 Å². The van der Waals surface area contributed by atoms with Gasteiger partial charge >= 0.3 is 0 Å².